The van der Waals surface area contributed by atoms with Crippen molar-refractivity contribution in [1.29, 1.82) is 0 Å². The molecule has 1 saturated heterocycles. The lowest BCUT2D eigenvalue weighted by Gasteiger charge is -2.31. The third-order valence-electron chi connectivity index (χ3n) is 3.22. The second-order valence-electron chi connectivity index (χ2n) is 4.47. The number of carbonyl (C=O) groups excluding carboxylic acids is 1. The highest BCUT2D eigenvalue weighted by Crippen LogP contribution is 2.21. The second-order valence-corrected chi connectivity index (χ2v) is 4.88. The smallest absolute Gasteiger partial charge is 0.255 e. The van der Waals surface area contributed by atoms with E-state index in [0.717, 1.165) is 5.71 Å². The average Bonchev–Trinajstić information content (AvgIpc) is 2.38. The first-order valence-electron chi connectivity index (χ1n) is 5.88. The number of piperidine rings is 1. The molecule has 1 aliphatic rings. The molecule has 0 aromatic heterocycles. The monoisotopic (exact) mass is 266 g/mol. The van der Waals surface area contributed by atoms with Crippen LogP contribution >= 0.6 is 11.6 Å². The van der Waals surface area contributed by atoms with Gasteiger partial charge in [-0.2, -0.15) is 0 Å². The van der Waals surface area contributed by atoms with Gasteiger partial charge >= 0.3 is 0 Å². The Labute approximate surface area is 111 Å². The molecule has 96 valence electrons. The highest BCUT2D eigenvalue weighted by molar-refractivity contribution is 6.33. The van der Waals surface area contributed by atoms with Gasteiger partial charge in [0.1, 0.15) is 0 Å². The first-order chi connectivity index (χ1) is 8.63. The van der Waals surface area contributed by atoms with E-state index in [1.807, 2.05) is 6.92 Å². The van der Waals surface area contributed by atoms with Crippen molar-refractivity contribution in [3.8, 4) is 0 Å². The molecule has 1 aliphatic heterocycles. The van der Waals surface area contributed by atoms with E-state index in [1.54, 1.807) is 29.2 Å². The summed E-state index contributed by atoms with van der Waals surface area (Å²) in [5.41, 5.74) is 1.27. The molecule has 18 heavy (non-hydrogen) atoms. The van der Waals surface area contributed by atoms with E-state index >= 15 is 0 Å². The number of amides is 1. The van der Waals surface area contributed by atoms with Crippen LogP contribution in [0.15, 0.2) is 29.4 Å². The topological polar surface area (TPSA) is 52.9 Å². The van der Waals surface area contributed by atoms with Crippen molar-refractivity contribution >= 4 is 23.2 Å². The van der Waals surface area contributed by atoms with Gasteiger partial charge in [-0.05, 0) is 12.1 Å². The van der Waals surface area contributed by atoms with E-state index in [9.17, 15) is 4.79 Å². The number of hydrogen-bond acceptors (Lipinski definition) is 3. The van der Waals surface area contributed by atoms with Gasteiger partial charge in [0.15, 0.2) is 0 Å². The fourth-order valence-corrected chi connectivity index (χ4v) is 2.38. The van der Waals surface area contributed by atoms with E-state index < -0.39 is 0 Å². The van der Waals surface area contributed by atoms with Crippen molar-refractivity contribution < 1.29 is 10.0 Å². The number of carbonyl (C=O) groups is 1. The van der Waals surface area contributed by atoms with Crippen molar-refractivity contribution in [1.82, 2.24) is 4.90 Å². The average molecular weight is 267 g/mol. The van der Waals surface area contributed by atoms with Gasteiger partial charge in [0.25, 0.3) is 5.91 Å². The lowest BCUT2D eigenvalue weighted by atomic mass is 9.97. The number of rotatable bonds is 1. The molecule has 1 heterocycles. The minimum Gasteiger partial charge on any atom is -0.411 e. The number of halogens is 1. The standard InChI is InChI=1S/C13H15ClN2O2/c1-9-8-16(7-6-12(9)15-18)13(17)10-4-2-3-5-11(10)14/h2-5,9,18H,6-8H2,1H3/b15-12+. The molecule has 1 N–H and O–H groups in total. The van der Waals surface area contributed by atoms with Crippen LogP contribution in [-0.4, -0.2) is 34.8 Å². The van der Waals surface area contributed by atoms with Crippen LogP contribution in [0.1, 0.15) is 23.7 Å². The van der Waals surface area contributed by atoms with Gasteiger partial charge < -0.3 is 10.1 Å². The predicted molar refractivity (Wildman–Crippen MR) is 70.4 cm³/mol. The molecule has 0 bridgehead atoms. The van der Waals surface area contributed by atoms with Crippen molar-refractivity contribution in [2.75, 3.05) is 13.1 Å². The Balaban J connectivity index is 2.15. The Kier molecular flexibility index (Phi) is 3.87. The SMILES string of the molecule is CC1CN(C(=O)c2ccccc2Cl)CC/C1=N\O. The van der Waals surface area contributed by atoms with Crippen LogP contribution in [0.4, 0.5) is 0 Å². The number of hydrogen-bond donors (Lipinski definition) is 1. The number of benzene rings is 1. The molecule has 0 aliphatic carbocycles. The second kappa shape index (κ2) is 5.40. The third-order valence-corrected chi connectivity index (χ3v) is 3.55. The van der Waals surface area contributed by atoms with Crippen molar-refractivity contribution in [3.63, 3.8) is 0 Å². The Hall–Kier alpha value is -1.55. The Morgan fingerprint density at radius 2 is 2.22 bits per heavy atom. The summed E-state index contributed by atoms with van der Waals surface area (Å²) in [5.74, 6) is 0.0135. The molecule has 1 atom stereocenters. The molecule has 2 rings (SSSR count). The van der Waals surface area contributed by atoms with Gasteiger partial charge in [-0.1, -0.05) is 35.8 Å². The molecular weight excluding hydrogens is 252 g/mol. The highest BCUT2D eigenvalue weighted by atomic mass is 35.5. The zero-order chi connectivity index (χ0) is 13.1. The molecule has 5 heteroatoms. The van der Waals surface area contributed by atoms with Crippen LogP contribution in [-0.2, 0) is 0 Å². The Bertz CT molecular complexity index is 488. The van der Waals surface area contributed by atoms with E-state index in [-0.39, 0.29) is 11.8 Å². The first-order valence-corrected chi connectivity index (χ1v) is 6.26. The maximum Gasteiger partial charge on any atom is 0.255 e. The highest BCUT2D eigenvalue weighted by Gasteiger charge is 2.27. The molecule has 1 aromatic carbocycles. The molecule has 1 unspecified atom stereocenters. The Morgan fingerprint density at radius 1 is 1.50 bits per heavy atom. The molecule has 4 nitrogen and oxygen atoms in total. The summed E-state index contributed by atoms with van der Waals surface area (Å²) in [6.07, 6.45) is 0.605. The third kappa shape index (κ3) is 2.48. The molecular formula is C13H15ClN2O2. The minimum atomic E-state index is -0.0653. The summed E-state index contributed by atoms with van der Waals surface area (Å²) in [6.45, 7) is 3.07. The van der Waals surface area contributed by atoms with Gasteiger partial charge in [0.2, 0.25) is 0 Å². The van der Waals surface area contributed by atoms with E-state index in [0.29, 0.717) is 30.1 Å². The lowest BCUT2D eigenvalue weighted by Crippen LogP contribution is -2.43. The van der Waals surface area contributed by atoms with Crippen LogP contribution < -0.4 is 0 Å². The fourth-order valence-electron chi connectivity index (χ4n) is 2.16. The van der Waals surface area contributed by atoms with Gasteiger partial charge in [0, 0.05) is 25.4 Å². The summed E-state index contributed by atoms with van der Waals surface area (Å²) in [6, 6.07) is 7.04. The Morgan fingerprint density at radius 3 is 2.83 bits per heavy atom. The van der Waals surface area contributed by atoms with Crippen LogP contribution in [0.25, 0.3) is 0 Å². The summed E-state index contributed by atoms with van der Waals surface area (Å²) in [5, 5.41) is 12.5. The lowest BCUT2D eigenvalue weighted by molar-refractivity contribution is 0.0734. The van der Waals surface area contributed by atoms with Gasteiger partial charge in [-0.15, -0.1) is 0 Å². The normalized spacial score (nSPS) is 22.2. The summed E-state index contributed by atoms with van der Waals surface area (Å²) >= 11 is 6.02. The maximum absolute atomic E-state index is 12.3. The largest absolute Gasteiger partial charge is 0.411 e. The van der Waals surface area contributed by atoms with Crippen molar-refractivity contribution in [2.45, 2.75) is 13.3 Å². The zero-order valence-corrected chi connectivity index (χ0v) is 10.9. The quantitative estimate of drug-likeness (QED) is 0.628. The summed E-state index contributed by atoms with van der Waals surface area (Å²) in [4.78, 5) is 14.1. The summed E-state index contributed by atoms with van der Waals surface area (Å²) in [7, 11) is 0. The fraction of sp³-hybridized carbons (Fsp3) is 0.385. The predicted octanol–water partition coefficient (Wildman–Crippen LogP) is 2.65. The first kappa shape index (κ1) is 12.9. The van der Waals surface area contributed by atoms with Gasteiger partial charge in [-0.25, -0.2) is 0 Å². The van der Waals surface area contributed by atoms with Gasteiger partial charge in [-0.3, -0.25) is 4.79 Å². The number of nitrogens with zero attached hydrogens (tertiary/aromatic N) is 2. The summed E-state index contributed by atoms with van der Waals surface area (Å²) < 4.78 is 0. The van der Waals surface area contributed by atoms with E-state index in [1.165, 1.54) is 0 Å². The van der Waals surface area contributed by atoms with E-state index in [4.69, 9.17) is 16.8 Å². The number of likely N-dealkylation sites (tertiary alicyclic amines) is 1. The molecule has 0 radical (unpaired) electrons. The van der Waals surface area contributed by atoms with Crippen LogP contribution in [0.2, 0.25) is 5.02 Å². The van der Waals surface area contributed by atoms with Crippen LogP contribution in [0.3, 0.4) is 0 Å². The molecule has 0 spiro atoms. The molecule has 1 fully saturated rings. The number of oxime groups is 1. The van der Waals surface area contributed by atoms with Gasteiger partial charge in [0.05, 0.1) is 16.3 Å². The van der Waals surface area contributed by atoms with Crippen molar-refractivity contribution in [2.24, 2.45) is 11.1 Å². The molecule has 1 aromatic rings. The maximum atomic E-state index is 12.3. The molecule has 0 saturated carbocycles. The van der Waals surface area contributed by atoms with Crippen molar-refractivity contribution in [3.05, 3.63) is 34.9 Å². The zero-order valence-electron chi connectivity index (χ0n) is 10.1. The van der Waals surface area contributed by atoms with Crippen LogP contribution in [0.5, 0.6) is 0 Å². The molecule has 1 amide bonds. The van der Waals surface area contributed by atoms with E-state index in [2.05, 4.69) is 5.16 Å². The minimum absolute atomic E-state index is 0.0653. The van der Waals surface area contributed by atoms with Crippen LogP contribution in [0, 0.1) is 5.92 Å².